The van der Waals surface area contributed by atoms with Crippen LogP contribution in [0.5, 0.6) is 0 Å². The van der Waals surface area contributed by atoms with E-state index in [0.29, 0.717) is 12.8 Å². The molecule has 0 aliphatic rings. The van der Waals surface area contributed by atoms with Crippen molar-refractivity contribution in [2.45, 2.75) is 38.9 Å². The van der Waals surface area contributed by atoms with E-state index in [0.717, 1.165) is 0 Å². The molecule has 0 aromatic carbocycles. The number of carboxylic acids is 1. The third-order valence-corrected chi connectivity index (χ3v) is 4.14. The van der Waals surface area contributed by atoms with Crippen molar-refractivity contribution in [3.05, 3.63) is 0 Å². The van der Waals surface area contributed by atoms with Crippen LogP contribution in [-0.4, -0.2) is 29.3 Å². The summed E-state index contributed by atoms with van der Waals surface area (Å²) in [7, 11) is -4.55. The zero-order chi connectivity index (χ0) is 11.6. The van der Waals surface area contributed by atoms with Crippen LogP contribution in [0.4, 0.5) is 0 Å². The third kappa shape index (κ3) is 2.68. The lowest BCUT2D eigenvalue weighted by molar-refractivity contribution is -0.139. The molecule has 0 saturated heterocycles. The van der Waals surface area contributed by atoms with Gasteiger partial charge >= 0.3 is 5.97 Å². The standard InChI is InChI=1S/C8H16O5S/c1-4-8(3,5-2)6(7(9)10)14(11,12)13/h6H,4-5H2,1-3H3,(H,9,10)(H,11,12,13). The summed E-state index contributed by atoms with van der Waals surface area (Å²) in [5, 5.41) is 7.02. The Bertz CT molecular complexity index is 302. The van der Waals surface area contributed by atoms with Gasteiger partial charge in [-0.05, 0) is 18.3 Å². The highest BCUT2D eigenvalue weighted by Gasteiger charge is 2.45. The second kappa shape index (κ2) is 4.27. The largest absolute Gasteiger partial charge is 0.480 e. The van der Waals surface area contributed by atoms with Crippen LogP contribution >= 0.6 is 0 Å². The van der Waals surface area contributed by atoms with Gasteiger partial charge in [-0.25, -0.2) is 0 Å². The highest BCUT2D eigenvalue weighted by molar-refractivity contribution is 7.87. The number of hydrogen-bond acceptors (Lipinski definition) is 3. The minimum absolute atomic E-state index is 0.375. The average Bonchev–Trinajstić information content (AvgIpc) is 2.00. The molecule has 0 rings (SSSR count). The van der Waals surface area contributed by atoms with Gasteiger partial charge in [0.05, 0.1) is 0 Å². The normalized spacial score (nSPS) is 15.1. The molecule has 0 radical (unpaired) electrons. The molecule has 0 aliphatic carbocycles. The first-order chi connectivity index (χ1) is 6.19. The molecule has 1 atom stereocenters. The van der Waals surface area contributed by atoms with Gasteiger partial charge in [0.15, 0.2) is 5.25 Å². The summed E-state index contributed by atoms with van der Waals surface area (Å²) in [6.07, 6.45) is 0.751. The number of aliphatic carboxylic acids is 1. The number of rotatable bonds is 5. The molecular weight excluding hydrogens is 208 g/mol. The van der Waals surface area contributed by atoms with Crippen LogP contribution in [0, 0.1) is 5.41 Å². The van der Waals surface area contributed by atoms with Gasteiger partial charge < -0.3 is 5.11 Å². The van der Waals surface area contributed by atoms with E-state index in [2.05, 4.69) is 0 Å². The second-order valence-electron chi connectivity index (χ2n) is 3.59. The van der Waals surface area contributed by atoms with E-state index in [-0.39, 0.29) is 0 Å². The Morgan fingerprint density at radius 1 is 1.36 bits per heavy atom. The summed E-state index contributed by atoms with van der Waals surface area (Å²) < 4.78 is 30.7. The smallest absolute Gasteiger partial charge is 0.324 e. The fraction of sp³-hybridized carbons (Fsp3) is 0.875. The van der Waals surface area contributed by atoms with Gasteiger partial charge in [-0.2, -0.15) is 8.42 Å². The first-order valence-electron chi connectivity index (χ1n) is 4.38. The number of hydrogen-bond donors (Lipinski definition) is 2. The predicted octanol–water partition coefficient (Wildman–Crippen LogP) is 1.15. The Morgan fingerprint density at radius 2 is 1.71 bits per heavy atom. The molecule has 5 nitrogen and oxygen atoms in total. The molecule has 0 aromatic rings. The average molecular weight is 224 g/mol. The fourth-order valence-electron chi connectivity index (χ4n) is 1.41. The molecule has 0 fully saturated rings. The molecule has 0 saturated carbocycles. The minimum atomic E-state index is -4.55. The maximum atomic E-state index is 10.9. The second-order valence-corrected chi connectivity index (χ2v) is 5.10. The van der Waals surface area contributed by atoms with Crippen molar-refractivity contribution < 1.29 is 22.9 Å². The van der Waals surface area contributed by atoms with Crippen molar-refractivity contribution in [1.29, 1.82) is 0 Å². The summed E-state index contributed by atoms with van der Waals surface area (Å²) in [4.78, 5) is 10.8. The van der Waals surface area contributed by atoms with Crippen molar-refractivity contribution in [1.82, 2.24) is 0 Å². The lowest BCUT2D eigenvalue weighted by Crippen LogP contribution is -2.43. The summed E-state index contributed by atoms with van der Waals surface area (Å²) in [5.74, 6) is -1.50. The van der Waals surface area contributed by atoms with E-state index in [1.54, 1.807) is 20.8 Å². The number of carbonyl (C=O) groups is 1. The van der Waals surface area contributed by atoms with E-state index in [9.17, 15) is 13.2 Å². The van der Waals surface area contributed by atoms with E-state index in [4.69, 9.17) is 9.66 Å². The van der Waals surface area contributed by atoms with Crippen LogP contribution in [0.2, 0.25) is 0 Å². The van der Waals surface area contributed by atoms with E-state index < -0.39 is 26.8 Å². The summed E-state index contributed by atoms with van der Waals surface area (Å²) in [6.45, 7) is 4.94. The summed E-state index contributed by atoms with van der Waals surface area (Å²) in [6, 6.07) is 0. The van der Waals surface area contributed by atoms with Crippen molar-refractivity contribution >= 4 is 16.1 Å². The Balaban J connectivity index is 5.32. The highest BCUT2D eigenvalue weighted by Crippen LogP contribution is 2.33. The van der Waals surface area contributed by atoms with Gasteiger partial charge in [-0.15, -0.1) is 0 Å². The lowest BCUT2D eigenvalue weighted by Gasteiger charge is -2.30. The van der Waals surface area contributed by atoms with Crippen molar-refractivity contribution in [2.24, 2.45) is 5.41 Å². The molecule has 0 aromatic heterocycles. The first-order valence-corrected chi connectivity index (χ1v) is 5.88. The zero-order valence-electron chi connectivity index (χ0n) is 8.52. The third-order valence-electron chi connectivity index (χ3n) is 2.77. The zero-order valence-corrected chi connectivity index (χ0v) is 9.34. The van der Waals surface area contributed by atoms with Gasteiger partial charge in [0, 0.05) is 0 Å². The first kappa shape index (κ1) is 13.4. The highest BCUT2D eigenvalue weighted by atomic mass is 32.2. The molecule has 0 heterocycles. The van der Waals surface area contributed by atoms with Crippen molar-refractivity contribution in [3.8, 4) is 0 Å². The molecule has 0 spiro atoms. The molecule has 0 aliphatic heterocycles. The van der Waals surface area contributed by atoms with Crippen molar-refractivity contribution in [2.75, 3.05) is 0 Å². The molecule has 0 bridgehead atoms. The summed E-state index contributed by atoms with van der Waals surface area (Å²) >= 11 is 0. The maximum Gasteiger partial charge on any atom is 0.324 e. The van der Waals surface area contributed by atoms with Gasteiger partial charge in [0.2, 0.25) is 0 Å². The van der Waals surface area contributed by atoms with Crippen LogP contribution in [0.15, 0.2) is 0 Å². The molecule has 6 heteroatoms. The SMILES string of the molecule is CCC(C)(CC)C(C(=O)O)S(=O)(=O)O. The fourth-order valence-corrected chi connectivity index (χ4v) is 2.71. The quantitative estimate of drug-likeness (QED) is 0.683. The monoisotopic (exact) mass is 224 g/mol. The van der Waals surface area contributed by atoms with Crippen LogP contribution in [0.3, 0.4) is 0 Å². The Labute approximate surface area is 83.9 Å². The molecule has 2 N–H and O–H groups in total. The maximum absolute atomic E-state index is 10.9. The van der Waals surface area contributed by atoms with E-state index in [1.165, 1.54) is 0 Å². The van der Waals surface area contributed by atoms with Gasteiger partial charge in [0.1, 0.15) is 0 Å². The topological polar surface area (TPSA) is 91.7 Å². The molecule has 14 heavy (non-hydrogen) atoms. The van der Waals surface area contributed by atoms with E-state index >= 15 is 0 Å². The minimum Gasteiger partial charge on any atom is -0.480 e. The van der Waals surface area contributed by atoms with Crippen LogP contribution < -0.4 is 0 Å². The lowest BCUT2D eigenvalue weighted by atomic mass is 9.81. The van der Waals surface area contributed by atoms with Crippen LogP contribution in [0.25, 0.3) is 0 Å². The van der Waals surface area contributed by atoms with Gasteiger partial charge in [0.25, 0.3) is 10.1 Å². The predicted molar refractivity (Wildman–Crippen MR) is 51.7 cm³/mol. The Hall–Kier alpha value is -0.620. The van der Waals surface area contributed by atoms with Gasteiger partial charge in [-0.3, -0.25) is 9.35 Å². The van der Waals surface area contributed by atoms with Crippen LogP contribution in [0.1, 0.15) is 33.6 Å². The van der Waals surface area contributed by atoms with E-state index in [1.807, 2.05) is 0 Å². The Morgan fingerprint density at radius 3 is 1.79 bits per heavy atom. The molecule has 0 amide bonds. The molecule has 1 unspecified atom stereocenters. The number of carboxylic acid groups (broad SMARTS) is 1. The molecular formula is C8H16O5S. The summed E-state index contributed by atoms with van der Waals surface area (Å²) in [5.41, 5.74) is -0.931. The Kier molecular flexibility index (Phi) is 4.08. The molecule has 84 valence electrons. The van der Waals surface area contributed by atoms with Crippen molar-refractivity contribution in [3.63, 3.8) is 0 Å². The van der Waals surface area contributed by atoms with Gasteiger partial charge in [-0.1, -0.05) is 20.8 Å². The van der Waals surface area contributed by atoms with Crippen LogP contribution in [-0.2, 0) is 14.9 Å².